The lowest BCUT2D eigenvalue weighted by molar-refractivity contribution is -0.187. The summed E-state index contributed by atoms with van der Waals surface area (Å²) in [6.07, 6.45) is -2.57. The molecule has 26 heavy (non-hydrogen) atoms. The molecular formula is C20H15F5O. The van der Waals surface area contributed by atoms with Gasteiger partial charge in [-0.1, -0.05) is 25.5 Å². The summed E-state index contributed by atoms with van der Waals surface area (Å²) in [7, 11) is 0. The summed E-state index contributed by atoms with van der Waals surface area (Å²) in [6, 6.07) is 8.99. The molecule has 0 aliphatic rings. The van der Waals surface area contributed by atoms with E-state index in [1.165, 1.54) is 18.2 Å². The molecule has 0 amide bonds. The Bertz CT molecular complexity index is 952. The first-order valence-corrected chi connectivity index (χ1v) is 8.04. The average Bonchev–Trinajstić information content (AvgIpc) is 2.56. The number of alkyl halides is 2. The molecule has 0 N–H and O–H groups in total. The zero-order chi connectivity index (χ0) is 18.9. The van der Waals surface area contributed by atoms with Gasteiger partial charge in [0.05, 0.1) is 5.56 Å². The number of rotatable bonds is 5. The van der Waals surface area contributed by atoms with Crippen molar-refractivity contribution >= 4 is 10.8 Å². The number of ether oxygens (including phenoxy) is 1. The predicted molar refractivity (Wildman–Crippen MR) is 88.8 cm³/mol. The standard InChI is InChI=1S/C20H15F5O/c1-2-3-12-4-7-16(17(21)8-12)20(24,25)26-15-6-5-13-10-18(22)19(23)11-14(13)9-15/h4-11H,2-3H2,1H3. The van der Waals surface area contributed by atoms with Gasteiger partial charge in [0.1, 0.15) is 11.6 Å². The van der Waals surface area contributed by atoms with Crippen LogP contribution >= 0.6 is 0 Å². The zero-order valence-corrected chi connectivity index (χ0v) is 13.8. The Kier molecular flexibility index (Phi) is 4.85. The fourth-order valence-corrected chi connectivity index (χ4v) is 2.73. The van der Waals surface area contributed by atoms with Gasteiger partial charge in [0.15, 0.2) is 11.6 Å². The zero-order valence-electron chi connectivity index (χ0n) is 13.8. The molecule has 136 valence electrons. The molecule has 0 saturated carbocycles. The SMILES string of the molecule is CCCc1ccc(C(F)(F)Oc2ccc3cc(F)c(F)cc3c2)c(F)c1. The molecule has 0 aromatic heterocycles. The lowest BCUT2D eigenvalue weighted by Crippen LogP contribution is -2.23. The predicted octanol–water partition coefficient (Wildman–Crippen LogP) is 6.34. The van der Waals surface area contributed by atoms with Crippen molar-refractivity contribution < 1.29 is 26.7 Å². The molecule has 0 saturated heterocycles. The molecule has 0 aliphatic heterocycles. The van der Waals surface area contributed by atoms with Crippen LogP contribution in [0.25, 0.3) is 10.8 Å². The molecule has 0 heterocycles. The molecule has 0 aliphatic carbocycles. The summed E-state index contributed by atoms with van der Waals surface area (Å²) in [5.74, 6) is -3.48. The molecule has 3 aromatic rings. The minimum atomic E-state index is -3.92. The fourth-order valence-electron chi connectivity index (χ4n) is 2.73. The van der Waals surface area contributed by atoms with E-state index in [1.54, 1.807) is 0 Å². The average molecular weight is 366 g/mol. The summed E-state index contributed by atoms with van der Waals surface area (Å²) < 4.78 is 74.0. The lowest BCUT2D eigenvalue weighted by Gasteiger charge is -2.19. The lowest BCUT2D eigenvalue weighted by atomic mass is 10.1. The van der Waals surface area contributed by atoms with E-state index in [0.29, 0.717) is 17.4 Å². The van der Waals surface area contributed by atoms with Crippen LogP contribution in [0, 0.1) is 17.5 Å². The Balaban J connectivity index is 1.91. The van der Waals surface area contributed by atoms with E-state index < -0.39 is 29.1 Å². The second-order valence-corrected chi connectivity index (χ2v) is 5.96. The Labute approximate surface area is 147 Å². The van der Waals surface area contributed by atoms with E-state index in [9.17, 15) is 22.0 Å². The molecule has 0 bridgehead atoms. The van der Waals surface area contributed by atoms with Gasteiger partial charge in [0.25, 0.3) is 0 Å². The first kappa shape index (κ1) is 18.2. The third-order valence-corrected chi connectivity index (χ3v) is 3.98. The quantitative estimate of drug-likeness (QED) is 0.479. The Hall–Kier alpha value is -2.63. The number of halogens is 5. The summed E-state index contributed by atoms with van der Waals surface area (Å²) in [4.78, 5) is 0. The highest BCUT2D eigenvalue weighted by Crippen LogP contribution is 2.35. The summed E-state index contributed by atoms with van der Waals surface area (Å²) in [6.45, 7) is 1.90. The van der Waals surface area contributed by atoms with Crippen molar-refractivity contribution in [1.29, 1.82) is 0 Å². The largest absolute Gasteiger partial charge is 0.429 e. The number of benzene rings is 3. The first-order chi connectivity index (χ1) is 12.3. The van der Waals surface area contributed by atoms with Crippen molar-refractivity contribution in [1.82, 2.24) is 0 Å². The highest BCUT2D eigenvalue weighted by atomic mass is 19.3. The van der Waals surface area contributed by atoms with Crippen LogP contribution in [0.15, 0.2) is 48.5 Å². The van der Waals surface area contributed by atoms with Crippen molar-refractivity contribution in [3.8, 4) is 5.75 Å². The smallest absolute Gasteiger partial charge is 0.429 e. The fraction of sp³-hybridized carbons (Fsp3) is 0.200. The van der Waals surface area contributed by atoms with Crippen molar-refractivity contribution in [2.24, 2.45) is 0 Å². The van der Waals surface area contributed by atoms with Gasteiger partial charge < -0.3 is 4.74 Å². The topological polar surface area (TPSA) is 9.23 Å². The third-order valence-electron chi connectivity index (χ3n) is 3.98. The Morgan fingerprint density at radius 3 is 2.15 bits per heavy atom. The van der Waals surface area contributed by atoms with Crippen LogP contribution < -0.4 is 4.74 Å². The molecule has 6 heteroatoms. The van der Waals surface area contributed by atoms with Crippen molar-refractivity contribution in [2.45, 2.75) is 25.9 Å². The van der Waals surface area contributed by atoms with E-state index in [2.05, 4.69) is 4.74 Å². The highest BCUT2D eigenvalue weighted by Gasteiger charge is 2.37. The molecule has 0 fully saturated rings. The Morgan fingerprint density at radius 2 is 1.50 bits per heavy atom. The summed E-state index contributed by atoms with van der Waals surface area (Å²) >= 11 is 0. The van der Waals surface area contributed by atoms with Crippen LogP contribution in [0.1, 0.15) is 24.5 Å². The number of aryl methyl sites for hydroxylation is 1. The van der Waals surface area contributed by atoms with Gasteiger partial charge in [-0.3, -0.25) is 0 Å². The summed E-state index contributed by atoms with van der Waals surface area (Å²) in [5, 5.41) is 0.519. The van der Waals surface area contributed by atoms with Gasteiger partial charge >= 0.3 is 6.11 Å². The highest BCUT2D eigenvalue weighted by molar-refractivity contribution is 5.84. The maximum absolute atomic E-state index is 14.4. The number of fused-ring (bicyclic) bond motifs is 1. The molecule has 0 radical (unpaired) electrons. The van der Waals surface area contributed by atoms with Crippen LogP contribution in [-0.2, 0) is 12.5 Å². The second-order valence-electron chi connectivity index (χ2n) is 5.96. The van der Waals surface area contributed by atoms with Crippen LogP contribution in [0.4, 0.5) is 22.0 Å². The molecule has 0 unspecified atom stereocenters. The molecular weight excluding hydrogens is 351 g/mol. The van der Waals surface area contributed by atoms with Crippen LogP contribution in [0.2, 0.25) is 0 Å². The van der Waals surface area contributed by atoms with Gasteiger partial charge in [-0.15, -0.1) is 0 Å². The second kappa shape index (κ2) is 6.94. The first-order valence-electron chi connectivity index (χ1n) is 8.04. The van der Waals surface area contributed by atoms with E-state index in [-0.39, 0.29) is 11.1 Å². The molecule has 0 spiro atoms. The molecule has 1 nitrogen and oxygen atoms in total. The van der Waals surface area contributed by atoms with Crippen LogP contribution in [0.5, 0.6) is 5.75 Å². The van der Waals surface area contributed by atoms with E-state index in [1.807, 2.05) is 6.92 Å². The van der Waals surface area contributed by atoms with E-state index >= 15 is 0 Å². The van der Waals surface area contributed by atoms with Gasteiger partial charge in [0.2, 0.25) is 0 Å². The van der Waals surface area contributed by atoms with Crippen LogP contribution in [-0.4, -0.2) is 0 Å². The van der Waals surface area contributed by atoms with Crippen molar-refractivity contribution in [3.63, 3.8) is 0 Å². The van der Waals surface area contributed by atoms with Crippen molar-refractivity contribution in [3.05, 3.63) is 77.1 Å². The van der Waals surface area contributed by atoms with Crippen LogP contribution in [0.3, 0.4) is 0 Å². The Morgan fingerprint density at radius 1 is 0.808 bits per heavy atom. The van der Waals surface area contributed by atoms with Gasteiger partial charge in [0, 0.05) is 0 Å². The summed E-state index contributed by atoms with van der Waals surface area (Å²) in [5.41, 5.74) is -0.268. The number of hydrogen-bond acceptors (Lipinski definition) is 1. The molecule has 3 rings (SSSR count). The van der Waals surface area contributed by atoms with Gasteiger partial charge in [-0.25, -0.2) is 13.2 Å². The maximum Gasteiger partial charge on any atom is 0.429 e. The van der Waals surface area contributed by atoms with Gasteiger partial charge in [-0.05, 0) is 59.2 Å². The molecule has 3 aromatic carbocycles. The normalized spacial score (nSPS) is 11.8. The van der Waals surface area contributed by atoms with Gasteiger partial charge in [-0.2, -0.15) is 8.78 Å². The molecule has 0 atom stereocenters. The number of hydrogen-bond donors (Lipinski definition) is 0. The third kappa shape index (κ3) is 3.64. The minimum Gasteiger partial charge on any atom is -0.429 e. The van der Waals surface area contributed by atoms with Crippen molar-refractivity contribution in [2.75, 3.05) is 0 Å². The van der Waals surface area contributed by atoms with E-state index in [4.69, 9.17) is 0 Å². The minimum absolute atomic E-state index is 0.191. The monoisotopic (exact) mass is 366 g/mol. The van der Waals surface area contributed by atoms with E-state index in [0.717, 1.165) is 36.8 Å². The maximum atomic E-state index is 14.4.